The molecule has 4 rings (SSSR count). The van der Waals surface area contributed by atoms with Crippen molar-refractivity contribution in [3.8, 4) is 5.75 Å². The molecular formula is C24H33N3O9. The average molecular weight is 508 g/mol. The molecule has 0 radical (unpaired) electrons. The standard InChI is InChI=1S/C24H33N3O9/c1-12(20(29)27-13-7-9-14(31-6)10-8-13)26-15(28)11-25-21(30)18-16-17(34-23(2,3)33-16)19-22(32-18)36-24(4,5)35-19/h7-10,12,16-19,22H,11H2,1-6H3,(H,25,30)(H,26,28)(H,27,29). The van der Waals surface area contributed by atoms with E-state index in [-0.39, 0.29) is 6.54 Å². The van der Waals surface area contributed by atoms with Crippen LogP contribution in [-0.4, -0.2) is 79.7 Å². The summed E-state index contributed by atoms with van der Waals surface area (Å²) in [6.07, 6.45) is -3.82. The van der Waals surface area contributed by atoms with Crippen molar-refractivity contribution in [2.24, 2.45) is 0 Å². The van der Waals surface area contributed by atoms with Crippen molar-refractivity contribution in [3.05, 3.63) is 24.3 Å². The third-order valence-electron chi connectivity index (χ3n) is 5.96. The van der Waals surface area contributed by atoms with Crippen LogP contribution in [0.2, 0.25) is 0 Å². The molecule has 1 aromatic carbocycles. The lowest BCUT2D eigenvalue weighted by Crippen LogP contribution is -2.60. The summed E-state index contributed by atoms with van der Waals surface area (Å²) in [7, 11) is 1.55. The molecule has 0 aliphatic carbocycles. The summed E-state index contributed by atoms with van der Waals surface area (Å²) >= 11 is 0. The highest BCUT2D eigenvalue weighted by Gasteiger charge is 2.62. The van der Waals surface area contributed by atoms with Gasteiger partial charge < -0.3 is 44.4 Å². The van der Waals surface area contributed by atoms with Gasteiger partial charge in [0.25, 0.3) is 5.91 Å². The third-order valence-corrected chi connectivity index (χ3v) is 5.96. The highest BCUT2D eigenvalue weighted by Crippen LogP contribution is 2.44. The SMILES string of the molecule is COc1ccc(NC(=O)C(C)NC(=O)CNC(=O)C2OC3OC(C)(C)OC3C3OC(C)(C)OC23)cc1. The number of fused-ring (bicyclic) bond motifs is 3. The van der Waals surface area contributed by atoms with E-state index in [4.69, 9.17) is 28.4 Å². The molecule has 0 aromatic heterocycles. The van der Waals surface area contributed by atoms with Crippen LogP contribution in [0.4, 0.5) is 5.69 Å². The van der Waals surface area contributed by atoms with Crippen molar-refractivity contribution in [3.63, 3.8) is 0 Å². The Balaban J connectivity index is 1.30. The van der Waals surface area contributed by atoms with Crippen molar-refractivity contribution in [1.29, 1.82) is 0 Å². The van der Waals surface area contributed by atoms with E-state index in [2.05, 4.69) is 16.0 Å². The predicted octanol–water partition coefficient (Wildman–Crippen LogP) is 0.651. The van der Waals surface area contributed by atoms with Crippen LogP contribution in [0.15, 0.2) is 24.3 Å². The molecule has 0 saturated carbocycles. The van der Waals surface area contributed by atoms with Gasteiger partial charge in [-0.15, -0.1) is 0 Å². The van der Waals surface area contributed by atoms with Gasteiger partial charge in [0, 0.05) is 5.69 Å². The van der Waals surface area contributed by atoms with Gasteiger partial charge in [-0.1, -0.05) is 0 Å². The zero-order chi connectivity index (χ0) is 26.3. The Hall–Kier alpha value is -2.77. The van der Waals surface area contributed by atoms with Crippen molar-refractivity contribution >= 4 is 23.4 Å². The Morgan fingerprint density at radius 3 is 2.22 bits per heavy atom. The van der Waals surface area contributed by atoms with Crippen molar-refractivity contribution in [1.82, 2.24) is 10.6 Å². The first-order valence-corrected chi connectivity index (χ1v) is 11.8. The zero-order valence-corrected chi connectivity index (χ0v) is 21.2. The summed E-state index contributed by atoms with van der Waals surface area (Å²) in [4.78, 5) is 37.8. The Kier molecular flexibility index (Phi) is 7.26. The first-order chi connectivity index (χ1) is 16.9. The van der Waals surface area contributed by atoms with Crippen LogP contribution in [0.5, 0.6) is 5.75 Å². The molecule has 6 unspecified atom stereocenters. The normalized spacial score (nSPS) is 30.4. The number of benzene rings is 1. The largest absolute Gasteiger partial charge is 0.497 e. The van der Waals surface area contributed by atoms with Crippen LogP contribution in [0.3, 0.4) is 0 Å². The Labute approximate surface area is 209 Å². The van der Waals surface area contributed by atoms with E-state index in [0.717, 1.165) is 0 Å². The minimum absolute atomic E-state index is 0.364. The predicted molar refractivity (Wildman–Crippen MR) is 125 cm³/mol. The number of hydrogen-bond acceptors (Lipinski definition) is 9. The van der Waals surface area contributed by atoms with Crippen LogP contribution >= 0.6 is 0 Å². The monoisotopic (exact) mass is 507 g/mol. The average Bonchev–Trinajstić information content (AvgIpc) is 3.30. The van der Waals surface area contributed by atoms with Crippen LogP contribution in [0.1, 0.15) is 34.6 Å². The fourth-order valence-electron chi connectivity index (χ4n) is 4.37. The summed E-state index contributed by atoms with van der Waals surface area (Å²) in [6, 6.07) is 5.94. The maximum atomic E-state index is 13.0. The Morgan fingerprint density at radius 1 is 0.944 bits per heavy atom. The van der Waals surface area contributed by atoms with E-state index >= 15 is 0 Å². The second-order valence-corrected chi connectivity index (χ2v) is 9.81. The van der Waals surface area contributed by atoms with Gasteiger partial charge in [0.15, 0.2) is 24.0 Å². The minimum atomic E-state index is -1.08. The lowest BCUT2D eigenvalue weighted by molar-refractivity contribution is -0.231. The van der Waals surface area contributed by atoms with Gasteiger partial charge >= 0.3 is 0 Å². The van der Waals surface area contributed by atoms with Crippen LogP contribution in [-0.2, 0) is 38.1 Å². The number of anilines is 1. The number of carbonyl (C=O) groups is 3. The smallest absolute Gasteiger partial charge is 0.252 e. The molecule has 1 aromatic rings. The van der Waals surface area contributed by atoms with Crippen molar-refractivity contribution in [2.75, 3.05) is 19.0 Å². The molecule has 3 fully saturated rings. The highest BCUT2D eigenvalue weighted by molar-refractivity contribution is 5.97. The molecule has 12 nitrogen and oxygen atoms in total. The summed E-state index contributed by atoms with van der Waals surface area (Å²) in [5.74, 6) is -2.73. The second kappa shape index (κ2) is 9.94. The first kappa shape index (κ1) is 26.3. The number of hydrogen-bond donors (Lipinski definition) is 3. The zero-order valence-electron chi connectivity index (χ0n) is 21.2. The van der Waals surface area contributed by atoms with Crippen LogP contribution in [0, 0.1) is 0 Å². The molecule has 3 aliphatic heterocycles. The molecule has 0 spiro atoms. The Morgan fingerprint density at radius 2 is 1.56 bits per heavy atom. The van der Waals surface area contributed by atoms with Crippen molar-refractivity contribution in [2.45, 2.75) is 82.9 Å². The Bertz CT molecular complexity index is 997. The van der Waals surface area contributed by atoms with Gasteiger partial charge in [-0.05, 0) is 58.9 Å². The van der Waals surface area contributed by atoms with E-state index in [1.54, 1.807) is 66.0 Å². The van der Waals surface area contributed by atoms with Gasteiger partial charge in [-0.3, -0.25) is 14.4 Å². The maximum absolute atomic E-state index is 13.0. The summed E-state index contributed by atoms with van der Waals surface area (Å²) < 4.78 is 34.6. The first-order valence-electron chi connectivity index (χ1n) is 11.8. The number of rotatable bonds is 7. The van der Waals surface area contributed by atoms with Gasteiger partial charge in [0.05, 0.1) is 13.7 Å². The molecule has 3 saturated heterocycles. The van der Waals surface area contributed by atoms with Crippen LogP contribution in [0.25, 0.3) is 0 Å². The fourth-order valence-corrected chi connectivity index (χ4v) is 4.37. The number of amides is 3. The minimum Gasteiger partial charge on any atom is -0.497 e. The number of carbonyl (C=O) groups excluding carboxylic acids is 3. The van der Waals surface area contributed by atoms with Gasteiger partial charge in [0.1, 0.15) is 30.1 Å². The second-order valence-electron chi connectivity index (χ2n) is 9.81. The molecule has 3 N–H and O–H groups in total. The summed E-state index contributed by atoms with van der Waals surface area (Å²) in [6.45, 7) is 8.14. The molecular weight excluding hydrogens is 474 g/mol. The van der Waals surface area contributed by atoms with Crippen molar-refractivity contribution < 1.29 is 42.8 Å². The quantitative estimate of drug-likeness (QED) is 0.485. The van der Waals surface area contributed by atoms with Gasteiger partial charge in [-0.25, -0.2) is 0 Å². The molecule has 198 valence electrons. The molecule has 3 aliphatic rings. The molecule has 12 heteroatoms. The summed E-state index contributed by atoms with van der Waals surface area (Å²) in [5, 5.41) is 7.80. The fraction of sp³-hybridized carbons (Fsp3) is 0.625. The molecule has 36 heavy (non-hydrogen) atoms. The van der Waals surface area contributed by atoms with E-state index in [1.807, 2.05) is 0 Å². The molecule has 0 bridgehead atoms. The third kappa shape index (κ3) is 5.79. The lowest BCUT2D eigenvalue weighted by Gasteiger charge is -2.36. The van der Waals surface area contributed by atoms with Gasteiger partial charge in [0.2, 0.25) is 11.8 Å². The van der Waals surface area contributed by atoms with E-state index in [1.165, 1.54) is 0 Å². The highest BCUT2D eigenvalue weighted by atomic mass is 16.9. The van der Waals surface area contributed by atoms with Crippen LogP contribution < -0.4 is 20.7 Å². The number of ether oxygens (including phenoxy) is 6. The topological polar surface area (TPSA) is 143 Å². The maximum Gasteiger partial charge on any atom is 0.252 e. The van der Waals surface area contributed by atoms with Gasteiger partial charge in [-0.2, -0.15) is 0 Å². The summed E-state index contributed by atoms with van der Waals surface area (Å²) in [5.41, 5.74) is 0.556. The number of nitrogens with one attached hydrogen (secondary N) is 3. The lowest BCUT2D eigenvalue weighted by atomic mass is 9.98. The molecule has 3 heterocycles. The molecule has 3 amide bonds. The van der Waals surface area contributed by atoms with E-state index in [9.17, 15) is 14.4 Å². The van der Waals surface area contributed by atoms with E-state index < -0.39 is 66.0 Å². The van der Waals surface area contributed by atoms with E-state index in [0.29, 0.717) is 11.4 Å². The number of methoxy groups -OCH3 is 1. The molecule has 6 atom stereocenters.